The van der Waals surface area contributed by atoms with Crippen molar-refractivity contribution in [2.75, 3.05) is 4.90 Å². The van der Waals surface area contributed by atoms with Crippen LogP contribution in [0.2, 0.25) is 0 Å². The Kier molecular flexibility index (Phi) is 7.28. The van der Waals surface area contributed by atoms with Crippen molar-refractivity contribution >= 4 is 11.6 Å². The van der Waals surface area contributed by atoms with Crippen molar-refractivity contribution in [2.24, 2.45) is 5.92 Å². The molecule has 188 valence electrons. The molecule has 0 bridgehead atoms. The third kappa shape index (κ3) is 5.54. The van der Waals surface area contributed by atoms with Gasteiger partial charge in [-0.2, -0.15) is 0 Å². The number of benzene rings is 4. The van der Waals surface area contributed by atoms with E-state index in [1.807, 2.05) is 30.3 Å². The molecule has 3 unspecified atom stereocenters. The lowest BCUT2D eigenvalue weighted by Crippen LogP contribution is -2.55. The number of β-lactam (4-membered cyclic amide) rings is 1. The Morgan fingerprint density at radius 2 is 1.57 bits per heavy atom. The van der Waals surface area contributed by atoms with Crippen LogP contribution in [0.25, 0.3) is 0 Å². The number of carbonyl (C=O) groups excluding carboxylic acids is 1. The summed E-state index contributed by atoms with van der Waals surface area (Å²) in [6.45, 7) is 0.387. The molecule has 1 aliphatic rings. The van der Waals surface area contributed by atoms with E-state index in [1.165, 1.54) is 24.3 Å². The monoisotopic (exact) mass is 499 g/mol. The molecule has 6 heteroatoms. The molecule has 1 aliphatic heterocycles. The molecule has 1 N–H and O–H groups in total. The first-order valence-corrected chi connectivity index (χ1v) is 12.3. The molecule has 4 aromatic rings. The molecule has 0 aliphatic carbocycles. The predicted octanol–water partition coefficient (Wildman–Crippen LogP) is 7.11. The van der Waals surface area contributed by atoms with E-state index in [-0.39, 0.29) is 35.5 Å². The van der Waals surface area contributed by atoms with Gasteiger partial charge in [0.2, 0.25) is 5.91 Å². The maximum absolute atomic E-state index is 14.0. The Balaban J connectivity index is 1.38. The Hall–Kier alpha value is -4.03. The lowest BCUT2D eigenvalue weighted by Gasteiger charge is -2.48. The number of anilines is 1. The highest BCUT2D eigenvalue weighted by atomic mass is 19.1. The maximum Gasteiger partial charge on any atom is 0.233 e. The van der Waals surface area contributed by atoms with Gasteiger partial charge in [0.1, 0.15) is 17.4 Å². The van der Waals surface area contributed by atoms with E-state index in [2.05, 4.69) is 0 Å². The summed E-state index contributed by atoms with van der Waals surface area (Å²) in [7, 11) is 0. The zero-order chi connectivity index (χ0) is 25.8. The number of ether oxygens (including phenoxy) is 1. The van der Waals surface area contributed by atoms with Gasteiger partial charge in [-0.1, -0.05) is 60.7 Å². The third-order valence-electron chi connectivity index (χ3n) is 6.81. The summed E-state index contributed by atoms with van der Waals surface area (Å²) in [5.41, 5.74) is 3.21. The van der Waals surface area contributed by atoms with Crippen LogP contribution in [-0.4, -0.2) is 11.0 Å². The fraction of sp³-hybridized carbons (Fsp3) is 0.194. The number of rotatable bonds is 9. The zero-order valence-electron chi connectivity index (χ0n) is 20.1. The van der Waals surface area contributed by atoms with Crippen LogP contribution in [0.4, 0.5) is 14.5 Å². The number of hydrogen-bond acceptors (Lipinski definition) is 3. The molecular formula is C31H27F2NO3. The van der Waals surface area contributed by atoms with Crippen LogP contribution >= 0.6 is 0 Å². The number of phenols is 1. The number of amides is 1. The first-order chi connectivity index (χ1) is 18.0. The van der Waals surface area contributed by atoms with Crippen LogP contribution in [0.15, 0.2) is 103 Å². The normalized spacial score (nSPS) is 17.9. The fourth-order valence-electron chi connectivity index (χ4n) is 4.92. The van der Waals surface area contributed by atoms with Crippen molar-refractivity contribution in [1.29, 1.82) is 0 Å². The number of halogens is 2. The first kappa shape index (κ1) is 24.7. The van der Waals surface area contributed by atoms with Gasteiger partial charge in [0.15, 0.2) is 0 Å². The molecule has 1 heterocycles. The van der Waals surface area contributed by atoms with Crippen molar-refractivity contribution < 1.29 is 23.4 Å². The second-order valence-electron chi connectivity index (χ2n) is 9.25. The van der Waals surface area contributed by atoms with E-state index in [0.29, 0.717) is 25.1 Å². The van der Waals surface area contributed by atoms with Crippen molar-refractivity contribution in [1.82, 2.24) is 0 Å². The smallest absolute Gasteiger partial charge is 0.233 e. The quantitative estimate of drug-likeness (QED) is 0.250. The lowest BCUT2D eigenvalue weighted by atomic mass is 9.78. The standard InChI is InChI=1S/C31H27F2NO3/c32-24-13-9-22(10-14-24)29(37-20-21-5-2-1-3-6-21)18-17-28-30(23-11-15-27(35)16-12-23)34(31(28)36)26-8-4-7-25(33)19-26/h1-16,19,28-30,35H,17-18,20H2. The number of aromatic hydroxyl groups is 1. The molecule has 1 fully saturated rings. The van der Waals surface area contributed by atoms with Crippen molar-refractivity contribution in [3.8, 4) is 5.75 Å². The van der Waals surface area contributed by atoms with Crippen LogP contribution in [-0.2, 0) is 16.1 Å². The summed E-state index contributed by atoms with van der Waals surface area (Å²) in [5, 5.41) is 9.77. The van der Waals surface area contributed by atoms with Gasteiger partial charge in [0.25, 0.3) is 0 Å². The zero-order valence-corrected chi connectivity index (χ0v) is 20.1. The van der Waals surface area contributed by atoms with E-state index < -0.39 is 5.82 Å². The topological polar surface area (TPSA) is 49.8 Å². The summed E-state index contributed by atoms with van der Waals surface area (Å²) in [4.78, 5) is 15.0. The highest BCUT2D eigenvalue weighted by Crippen LogP contribution is 2.47. The molecular weight excluding hydrogens is 472 g/mol. The van der Waals surface area contributed by atoms with Crippen molar-refractivity contribution in [3.63, 3.8) is 0 Å². The number of hydrogen-bond donors (Lipinski definition) is 1. The molecule has 37 heavy (non-hydrogen) atoms. The van der Waals surface area contributed by atoms with Gasteiger partial charge in [0.05, 0.1) is 24.7 Å². The van der Waals surface area contributed by atoms with Gasteiger partial charge >= 0.3 is 0 Å². The molecule has 5 rings (SSSR count). The highest BCUT2D eigenvalue weighted by Gasteiger charge is 2.48. The molecule has 1 amide bonds. The third-order valence-corrected chi connectivity index (χ3v) is 6.81. The molecule has 0 radical (unpaired) electrons. The molecule has 0 aromatic heterocycles. The molecule has 1 saturated heterocycles. The molecule has 4 aromatic carbocycles. The van der Waals surface area contributed by atoms with E-state index >= 15 is 0 Å². The Morgan fingerprint density at radius 3 is 2.27 bits per heavy atom. The minimum absolute atomic E-state index is 0.0930. The van der Waals surface area contributed by atoms with Crippen LogP contribution in [0.3, 0.4) is 0 Å². The van der Waals surface area contributed by atoms with E-state index in [4.69, 9.17) is 4.74 Å². The van der Waals surface area contributed by atoms with Gasteiger partial charge in [0, 0.05) is 5.69 Å². The minimum atomic E-state index is -0.413. The van der Waals surface area contributed by atoms with Crippen molar-refractivity contribution in [3.05, 3.63) is 131 Å². The van der Waals surface area contributed by atoms with Gasteiger partial charge in [-0.15, -0.1) is 0 Å². The summed E-state index contributed by atoms with van der Waals surface area (Å²) < 4.78 is 33.8. The van der Waals surface area contributed by atoms with Gasteiger partial charge < -0.3 is 14.7 Å². The van der Waals surface area contributed by atoms with Gasteiger partial charge in [-0.25, -0.2) is 8.78 Å². The predicted molar refractivity (Wildman–Crippen MR) is 138 cm³/mol. The molecule has 0 saturated carbocycles. The largest absolute Gasteiger partial charge is 0.508 e. The lowest BCUT2D eigenvalue weighted by molar-refractivity contribution is -0.131. The van der Waals surface area contributed by atoms with Crippen LogP contribution in [0.1, 0.15) is 41.7 Å². The molecule has 0 spiro atoms. The summed E-state index contributed by atoms with van der Waals surface area (Å²) in [5.74, 6) is -1.05. The van der Waals surface area contributed by atoms with E-state index in [1.54, 1.807) is 53.4 Å². The Labute approximate surface area is 214 Å². The number of carbonyl (C=O) groups is 1. The fourth-order valence-corrected chi connectivity index (χ4v) is 4.92. The summed E-state index contributed by atoms with van der Waals surface area (Å²) in [6.07, 6.45) is 0.727. The highest BCUT2D eigenvalue weighted by molar-refractivity contribution is 6.03. The Morgan fingerprint density at radius 1 is 0.838 bits per heavy atom. The van der Waals surface area contributed by atoms with E-state index in [9.17, 15) is 18.7 Å². The molecule has 3 atom stereocenters. The Bertz CT molecular complexity index is 1340. The second-order valence-corrected chi connectivity index (χ2v) is 9.25. The van der Waals surface area contributed by atoms with Crippen LogP contribution < -0.4 is 4.90 Å². The SMILES string of the molecule is O=C1C(CCC(OCc2ccccc2)c2ccc(F)cc2)C(c2ccc(O)cc2)N1c1cccc(F)c1. The average molecular weight is 500 g/mol. The number of phenolic OH excluding ortho intramolecular Hbond substituents is 1. The summed E-state index contributed by atoms with van der Waals surface area (Å²) >= 11 is 0. The van der Waals surface area contributed by atoms with Gasteiger partial charge in [-0.05, 0) is 72.0 Å². The minimum Gasteiger partial charge on any atom is -0.508 e. The maximum atomic E-state index is 14.0. The van der Waals surface area contributed by atoms with Crippen LogP contribution in [0.5, 0.6) is 5.75 Å². The first-order valence-electron chi connectivity index (χ1n) is 12.3. The summed E-state index contributed by atoms with van der Waals surface area (Å²) in [6, 6.07) is 28.5. The molecule has 4 nitrogen and oxygen atoms in total. The average Bonchev–Trinajstić information content (AvgIpc) is 2.91. The van der Waals surface area contributed by atoms with Crippen LogP contribution in [0, 0.1) is 17.6 Å². The van der Waals surface area contributed by atoms with E-state index in [0.717, 1.165) is 16.7 Å². The second kappa shape index (κ2) is 10.9. The van der Waals surface area contributed by atoms with Gasteiger partial charge in [-0.3, -0.25) is 4.79 Å². The number of nitrogens with zero attached hydrogens (tertiary/aromatic N) is 1. The van der Waals surface area contributed by atoms with Crippen molar-refractivity contribution in [2.45, 2.75) is 31.6 Å².